The summed E-state index contributed by atoms with van der Waals surface area (Å²) in [5, 5.41) is 19.8. The van der Waals surface area contributed by atoms with Crippen LogP contribution in [-0.4, -0.2) is 22.3 Å². The van der Waals surface area contributed by atoms with Crippen LogP contribution in [0.5, 0.6) is 0 Å². The number of carbonyl (C=O) groups is 2. The van der Waals surface area contributed by atoms with Gasteiger partial charge in [-0.25, -0.2) is 4.79 Å². The summed E-state index contributed by atoms with van der Waals surface area (Å²) in [5.74, 6) is -1.08. The maximum absolute atomic E-state index is 11.1. The van der Waals surface area contributed by atoms with Crippen LogP contribution in [-0.2, 0) is 0 Å². The highest BCUT2D eigenvalue weighted by molar-refractivity contribution is 7.99. The minimum atomic E-state index is -1.08. The minimum absolute atomic E-state index is 0.109. The minimum Gasteiger partial charge on any atom is -0.478 e. The molecule has 106 valence electrons. The fraction of sp³-hybridized carbons (Fsp3) is 0. The van der Waals surface area contributed by atoms with Gasteiger partial charge in [0.25, 0.3) is 5.69 Å². The van der Waals surface area contributed by atoms with E-state index < -0.39 is 10.9 Å². The van der Waals surface area contributed by atoms with Gasteiger partial charge in [-0.2, -0.15) is 0 Å². The van der Waals surface area contributed by atoms with Crippen LogP contribution in [0.4, 0.5) is 5.69 Å². The molecule has 21 heavy (non-hydrogen) atoms. The van der Waals surface area contributed by atoms with Crippen molar-refractivity contribution in [2.24, 2.45) is 0 Å². The van der Waals surface area contributed by atoms with Gasteiger partial charge >= 0.3 is 5.97 Å². The van der Waals surface area contributed by atoms with E-state index >= 15 is 0 Å². The SMILES string of the molecule is O=Cc1cc([N+](=O)[O-])ccc1Sc1ccccc1C(=O)O. The first-order valence-corrected chi connectivity index (χ1v) is 6.58. The largest absolute Gasteiger partial charge is 0.478 e. The van der Waals surface area contributed by atoms with E-state index in [-0.39, 0.29) is 16.8 Å². The van der Waals surface area contributed by atoms with Gasteiger partial charge in [0.2, 0.25) is 0 Å². The van der Waals surface area contributed by atoms with Crippen molar-refractivity contribution < 1.29 is 19.6 Å². The highest BCUT2D eigenvalue weighted by Gasteiger charge is 2.14. The zero-order valence-corrected chi connectivity index (χ0v) is 11.4. The normalized spacial score (nSPS) is 10.1. The molecule has 2 aromatic carbocycles. The number of hydrogen-bond donors (Lipinski definition) is 1. The Morgan fingerprint density at radius 2 is 1.90 bits per heavy atom. The van der Waals surface area contributed by atoms with E-state index in [0.717, 1.165) is 11.8 Å². The molecule has 2 rings (SSSR count). The van der Waals surface area contributed by atoms with E-state index in [1.54, 1.807) is 18.2 Å². The van der Waals surface area contributed by atoms with Crippen molar-refractivity contribution in [2.75, 3.05) is 0 Å². The summed E-state index contributed by atoms with van der Waals surface area (Å²) in [5.41, 5.74) is 0.0695. The van der Waals surface area contributed by atoms with E-state index in [9.17, 15) is 19.7 Å². The molecule has 0 aliphatic carbocycles. The summed E-state index contributed by atoms with van der Waals surface area (Å²) in [6.07, 6.45) is 0.513. The highest BCUT2D eigenvalue weighted by atomic mass is 32.2. The number of benzene rings is 2. The first-order chi connectivity index (χ1) is 10.0. The van der Waals surface area contributed by atoms with Crippen LogP contribution < -0.4 is 0 Å². The fourth-order valence-corrected chi connectivity index (χ4v) is 2.70. The predicted molar refractivity (Wildman–Crippen MR) is 76.0 cm³/mol. The quantitative estimate of drug-likeness (QED) is 0.517. The molecule has 7 heteroatoms. The number of non-ortho nitro benzene ring substituents is 1. The van der Waals surface area contributed by atoms with Crippen molar-refractivity contribution in [2.45, 2.75) is 9.79 Å². The number of rotatable bonds is 5. The van der Waals surface area contributed by atoms with Crippen LogP contribution in [0.2, 0.25) is 0 Å². The molecule has 0 amide bonds. The Bertz CT molecular complexity index is 729. The topological polar surface area (TPSA) is 97.5 Å². The zero-order chi connectivity index (χ0) is 15.4. The predicted octanol–water partition coefficient (Wildman–Crippen LogP) is 3.26. The van der Waals surface area contributed by atoms with Crippen molar-refractivity contribution >= 4 is 29.7 Å². The van der Waals surface area contributed by atoms with Gasteiger partial charge in [0.15, 0.2) is 6.29 Å². The summed E-state index contributed by atoms with van der Waals surface area (Å²) in [4.78, 5) is 33.2. The van der Waals surface area contributed by atoms with Crippen LogP contribution in [0.1, 0.15) is 20.7 Å². The molecule has 0 radical (unpaired) electrons. The van der Waals surface area contributed by atoms with Crippen LogP contribution in [0.25, 0.3) is 0 Å². The molecule has 0 spiro atoms. The lowest BCUT2D eigenvalue weighted by Gasteiger charge is -2.07. The zero-order valence-electron chi connectivity index (χ0n) is 10.6. The Hall–Kier alpha value is -2.67. The monoisotopic (exact) mass is 303 g/mol. The number of carboxylic acids is 1. The van der Waals surface area contributed by atoms with Crippen molar-refractivity contribution in [3.05, 3.63) is 63.7 Å². The maximum atomic E-state index is 11.1. The van der Waals surface area contributed by atoms with Crippen molar-refractivity contribution in [1.82, 2.24) is 0 Å². The molecule has 0 atom stereocenters. The number of nitro groups is 1. The third kappa shape index (κ3) is 3.26. The van der Waals surface area contributed by atoms with E-state index in [1.165, 1.54) is 24.3 Å². The van der Waals surface area contributed by atoms with Crippen LogP contribution in [0.15, 0.2) is 52.3 Å². The number of nitro benzene ring substituents is 1. The Kier molecular flexibility index (Phi) is 4.34. The Balaban J connectivity index is 2.43. The summed E-state index contributed by atoms with van der Waals surface area (Å²) in [7, 11) is 0. The van der Waals surface area contributed by atoms with Crippen molar-refractivity contribution in [3.63, 3.8) is 0 Å². The number of carboxylic acid groups (broad SMARTS) is 1. The van der Waals surface area contributed by atoms with Gasteiger partial charge in [0.05, 0.1) is 10.5 Å². The summed E-state index contributed by atoms with van der Waals surface area (Å²) >= 11 is 1.08. The number of carbonyl (C=O) groups excluding carboxylic acids is 1. The second kappa shape index (κ2) is 6.19. The standard InChI is InChI=1S/C14H9NO5S/c16-8-9-7-10(15(19)20)5-6-12(9)21-13-4-2-1-3-11(13)14(17)18/h1-8H,(H,17,18). The number of hydrogen-bond acceptors (Lipinski definition) is 5. The van der Waals surface area contributed by atoms with Gasteiger partial charge in [-0.1, -0.05) is 23.9 Å². The molecule has 0 unspecified atom stereocenters. The Labute approximate surface area is 123 Å². The lowest BCUT2D eigenvalue weighted by atomic mass is 10.2. The summed E-state index contributed by atoms with van der Waals surface area (Å²) in [6.45, 7) is 0. The van der Waals surface area contributed by atoms with E-state index in [1.807, 2.05) is 0 Å². The van der Waals surface area contributed by atoms with Crippen LogP contribution >= 0.6 is 11.8 Å². The molecule has 0 saturated carbocycles. The van der Waals surface area contributed by atoms with Crippen molar-refractivity contribution in [3.8, 4) is 0 Å². The molecule has 0 saturated heterocycles. The second-order valence-electron chi connectivity index (χ2n) is 4.00. The van der Waals surface area contributed by atoms with Gasteiger partial charge in [0.1, 0.15) is 0 Å². The molecule has 0 aromatic heterocycles. The maximum Gasteiger partial charge on any atom is 0.336 e. The smallest absolute Gasteiger partial charge is 0.336 e. The first kappa shape index (κ1) is 14.7. The molecule has 0 aliphatic rings. The average molecular weight is 303 g/mol. The molecule has 0 bridgehead atoms. The Morgan fingerprint density at radius 1 is 1.19 bits per heavy atom. The Morgan fingerprint density at radius 3 is 2.52 bits per heavy atom. The average Bonchev–Trinajstić information content (AvgIpc) is 2.47. The van der Waals surface area contributed by atoms with Gasteiger partial charge in [-0.15, -0.1) is 0 Å². The summed E-state index contributed by atoms with van der Waals surface area (Å²) in [6, 6.07) is 10.2. The lowest BCUT2D eigenvalue weighted by molar-refractivity contribution is -0.384. The molecule has 6 nitrogen and oxygen atoms in total. The van der Waals surface area contributed by atoms with Crippen LogP contribution in [0, 0.1) is 10.1 Å². The first-order valence-electron chi connectivity index (χ1n) is 5.76. The van der Waals surface area contributed by atoms with Gasteiger partial charge < -0.3 is 5.11 Å². The van der Waals surface area contributed by atoms with Gasteiger partial charge in [0, 0.05) is 27.5 Å². The van der Waals surface area contributed by atoms with Crippen LogP contribution in [0.3, 0.4) is 0 Å². The molecule has 2 aromatic rings. The third-order valence-electron chi connectivity index (χ3n) is 2.67. The van der Waals surface area contributed by atoms with E-state index in [4.69, 9.17) is 5.11 Å². The molecule has 0 heterocycles. The lowest BCUT2D eigenvalue weighted by Crippen LogP contribution is -1.98. The molecule has 1 N–H and O–H groups in total. The molecular weight excluding hydrogens is 294 g/mol. The van der Waals surface area contributed by atoms with E-state index in [0.29, 0.717) is 16.1 Å². The van der Waals surface area contributed by atoms with Gasteiger partial charge in [-0.05, 0) is 18.2 Å². The van der Waals surface area contributed by atoms with Gasteiger partial charge in [-0.3, -0.25) is 14.9 Å². The number of aromatic carboxylic acids is 1. The molecular formula is C14H9NO5S. The second-order valence-corrected chi connectivity index (χ2v) is 5.08. The molecule has 0 fully saturated rings. The highest BCUT2D eigenvalue weighted by Crippen LogP contribution is 2.33. The molecule has 0 aliphatic heterocycles. The number of aldehydes is 1. The number of nitrogens with zero attached hydrogens (tertiary/aromatic N) is 1. The fourth-order valence-electron chi connectivity index (χ4n) is 1.69. The third-order valence-corrected chi connectivity index (χ3v) is 3.84. The summed E-state index contributed by atoms with van der Waals surface area (Å²) < 4.78 is 0. The van der Waals surface area contributed by atoms with E-state index in [2.05, 4.69) is 0 Å². The van der Waals surface area contributed by atoms with Crippen molar-refractivity contribution in [1.29, 1.82) is 0 Å².